The Morgan fingerprint density at radius 2 is 2.25 bits per heavy atom. The van der Waals surface area contributed by atoms with Crippen LogP contribution < -0.4 is 5.56 Å². The molecule has 124 valence electrons. The Kier molecular flexibility index (Phi) is 3.68. The molecular formula is C16H17N5O2S. The number of hydrogen-bond acceptors (Lipinski definition) is 5. The molecule has 1 saturated heterocycles. The fourth-order valence-electron chi connectivity index (χ4n) is 3.13. The summed E-state index contributed by atoms with van der Waals surface area (Å²) in [6, 6.07) is 0.150. The molecule has 0 bridgehead atoms. The minimum absolute atomic E-state index is 0.128. The summed E-state index contributed by atoms with van der Waals surface area (Å²) in [6.45, 7) is 3.21. The second kappa shape index (κ2) is 5.86. The SMILES string of the molecule is Cc1cnn([C@H]2CCCN(C(=O)c3cnc4sccn4c3=O)C2)c1. The number of amides is 1. The van der Waals surface area contributed by atoms with Gasteiger partial charge in [0.1, 0.15) is 5.56 Å². The van der Waals surface area contributed by atoms with E-state index in [2.05, 4.69) is 10.1 Å². The van der Waals surface area contributed by atoms with E-state index >= 15 is 0 Å². The van der Waals surface area contributed by atoms with Gasteiger partial charge in [-0.2, -0.15) is 5.10 Å². The monoisotopic (exact) mass is 343 g/mol. The van der Waals surface area contributed by atoms with Crippen LogP contribution in [-0.2, 0) is 0 Å². The van der Waals surface area contributed by atoms with Crippen LogP contribution in [0.5, 0.6) is 0 Å². The molecule has 8 heteroatoms. The lowest BCUT2D eigenvalue weighted by Crippen LogP contribution is -2.43. The quantitative estimate of drug-likeness (QED) is 0.710. The lowest BCUT2D eigenvalue weighted by atomic mass is 10.1. The fraction of sp³-hybridized carbons (Fsp3) is 0.375. The second-order valence-corrected chi connectivity index (χ2v) is 6.95. The number of carbonyl (C=O) groups excluding carboxylic acids is 1. The van der Waals surface area contributed by atoms with Gasteiger partial charge < -0.3 is 4.90 Å². The molecule has 1 fully saturated rings. The first-order chi connectivity index (χ1) is 11.6. The third-order valence-electron chi connectivity index (χ3n) is 4.36. The smallest absolute Gasteiger partial charge is 0.271 e. The molecule has 0 aromatic carbocycles. The van der Waals surface area contributed by atoms with Crippen molar-refractivity contribution in [1.82, 2.24) is 24.1 Å². The molecule has 1 amide bonds. The van der Waals surface area contributed by atoms with Crippen molar-refractivity contribution >= 4 is 22.2 Å². The Morgan fingerprint density at radius 3 is 3.04 bits per heavy atom. The first-order valence-corrected chi connectivity index (χ1v) is 8.76. The zero-order valence-electron chi connectivity index (χ0n) is 13.3. The van der Waals surface area contributed by atoms with Crippen LogP contribution in [0.2, 0.25) is 0 Å². The van der Waals surface area contributed by atoms with Crippen molar-refractivity contribution in [3.05, 3.63) is 51.6 Å². The molecule has 1 aliphatic rings. The molecule has 4 rings (SSSR count). The summed E-state index contributed by atoms with van der Waals surface area (Å²) in [6.07, 6.45) is 8.74. The predicted octanol–water partition coefficient (Wildman–Crippen LogP) is 1.74. The molecule has 1 atom stereocenters. The van der Waals surface area contributed by atoms with Crippen molar-refractivity contribution in [3.8, 4) is 0 Å². The number of aromatic nitrogens is 4. The first-order valence-electron chi connectivity index (χ1n) is 7.88. The predicted molar refractivity (Wildman–Crippen MR) is 90.5 cm³/mol. The van der Waals surface area contributed by atoms with E-state index in [0.29, 0.717) is 18.1 Å². The molecule has 7 nitrogen and oxygen atoms in total. The van der Waals surface area contributed by atoms with Crippen molar-refractivity contribution in [3.63, 3.8) is 0 Å². The highest BCUT2D eigenvalue weighted by atomic mass is 32.1. The van der Waals surface area contributed by atoms with Crippen LogP contribution >= 0.6 is 11.3 Å². The molecule has 0 aliphatic carbocycles. The van der Waals surface area contributed by atoms with Gasteiger partial charge in [0.2, 0.25) is 0 Å². The van der Waals surface area contributed by atoms with Crippen molar-refractivity contribution in [2.75, 3.05) is 13.1 Å². The van der Waals surface area contributed by atoms with Crippen LogP contribution in [0.4, 0.5) is 0 Å². The highest BCUT2D eigenvalue weighted by molar-refractivity contribution is 7.15. The van der Waals surface area contributed by atoms with Crippen molar-refractivity contribution in [1.29, 1.82) is 0 Å². The molecule has 0 saturated carbocycles. The van der Waals surface area contributed by atoms with Gasteiger partial charge in [0.05, 0.1) is 12.2 Å². The van der Waals surface area contributed by atoms with Gasteiger partial charge in [0.15, 0.2) is 4.96 Å². The number of likely N-dealkylation sites (tertiary alicyclic amines) is 1. The van der Waals surface area contributed by atoms with Crippen LogP contribution in [-0.4, -0.2) is 43.1 Å². The van der Waals surface area contributed by atoms with Gasteiger partial charge in [-0.05, 0) is 25.3 Å². The Balaban J connectivity index is 1.61. The number of fused-ring (bicyclic) bond motifs is 1. The van der Waals surface area contributed by atoms with Gasteiger partial charge in [-0.1, -0.05) is 0 Å². The number of piperidine rings is 1. The zero-order valence-corrected chi connectivity index (χ0v) is 14.1. The summed E-state index contributed by atoms with van der Waals surface area (Å²) >= 11 is 1.37. The van der Waals surface area contributed by atoms with E-state index in [9.17, 15) is 9.59 Å². The normalized spacial score (nSPS) is 18.2. The van der Waals surface area contributed by atoms with Crippen LogP contribution in [0.15, 0.2) is 35.0 Å². The van der Waals surface area contributed by atoms with Gasteiger partial charge in [0, 0.05) is 37.1 Å². The molecule has 3 aromatic rings. The van der Waals surface area contributed by atoms with Gasteiger partial charge in [0.25, 0.3) is 11.5 Å². The van der Waals surface area contributed by atoms with Crippen molar-refractivity contribution < 1.29 is 4.79 Å². The summed E-state index contributed by atoms with van der Waals surface area (Å²) in [7, 11) is 0. The lowest BCUT2D eigenvalue weighted by molar-refractivity contribution is 0.0670. The molecular weight excluding hydrogens is 326 g/mol. The van der Waals surface area contributed by atoms with Crippen molar-refractivity contribution in [2.24, 2.45) is 0 Å². The maximum atomic E-state index is 12.8. The topological polar surface area (TPSA) is 72.5 Å². The highest BCUT2D eigenvalue weighted by Crippen LogP contribution is 2.22. The number of aryl methyl sites for hydroxylation is 1. The van der Waals surface area contributed by atoms with E-state index in [0.717, 1.165) is 18.4 Å². The number of carbonyl (C=O) groups is 1. The first kappa shape index (κ1) is 15.1. The summed E-state index contributed by atoms with van der Waals surface area (Å²) in [5, 5.41) is 6.15. The van der Waals surface area contributed by atoms with E-state index in [1.54, 1.807) is 16.5 Å². The lowest BCUT2D eigenvalue weighted by Gasteiger charge is -2.32. The number of thiazole rings is 1. The Bertz CT molecular complexity index is 957. The molecule has 0 N–H and O–H groups in total. The van der Waals surface area contributed by atoms with Gasteiger partial charge in [-0.25, -0.2) is 4.98 Å². The standard InChI is InChI=1S/C16H17N5O2S/c1-11-7-18-21(9-11)12-3-2-4-19(10-12)14(22)13-8-17-16-20(15(13)23)5-6-24-16/h5-9,12H,2-4,10H2,1H3/t12-/m0/s1. The van der Waals surface area contributed by atoms with Crippen LogP contribution in [0.25, 0.3) is 4.96 Å². The summed E-state index contributed by atoms with van der Waals surface area (Å²) < 4.78 is 3.35. The Hall–Kier alpha value is -2.48. The molecule has 4 heterocycles. The van der Waals surface area contributed by atoms with E-state index in [1.165, 1.54) is 21.9 Å². The van der Waals surface area contributed by atoms with Crippen LogP contribution in [0.1, 0.15) is 34.8 Å². The minimum Gasteiger partial charge on any atom is -0.336 e. The number of nitrogens with zero attached hydrogens (tertiary/aromatic N) is 5. The summed E-state index contributed by atoms with van der Waals surface area (Å²) in [4.78, 5) is 31.9. The van der Waals surface area contributed by atoms with E-state index in [1.807, 2.05) is 24.0 Å². The molecule has 0 radical (unpaired) electrons. The van der Waals surface area contributed by atoms with Crippen LogP contribution in [0, 0.1) is 6.92 Å². The maximum absolute atomic E-state index is 12.8. The van der Waals surface area contributed by atoms with E-state index in [-0.39, 0.29) is 23.1 Å². The third kappa shape index (κ3) is 2.52. The van der Waals surface area contributed by atoms with Gasteiger partial charge >= 0.3 is 0 Å². The molecule has 24 heavy (non-hydrogen) atoms. The fourth-order valence-corrected chi connectivity index (χ4v) is 3.80. The van der Waals surface area contributed by atoms with Gasteiger partial charge in [-0.15, -0.1) is 11.3 Å². The largest absolute Gasteiger partial charge is 0.336 e. The van der Waals surface area contributed by atoms with Crippen LogP contribution in [0.3, 0.4) is 0 Å². The Morgan fingerprint density at radius 1 is 1.38 bits per heavy atom. The third-order valence-corrected chi connectivity index (χ3v) is 5.13. The zero-order chi connectivity index (χ0) is 16.7. The van der Waals surface area contributed by atoms with Crippen molar-refractivity contribution in [2.45, 2.75) is 25.8 Å². The number of rotatable bonds is 2. The molecule has 1 aliphatic heterocycles. The molecule has 0 spiro atoms. The summed E-state index contributed by atoms with van der Waals surface area (Å²) in [5.74, 6) is -0.248. The average molecular weight is 343 g/mol. The van der Waals surface area contributed by atoms with E-state index in [4.69, 9.17) is 0 Å². The minimum atomic E-state index is -0.302. The van der Waals surface area contributed by atoms with E-state index < -0.39 is 0 Å². The number of hydrogen-bond donors (Lipinski definition) is 0. The maximum Gasteiger partial charge on any atom is 0.271 e. The molecule has 3 aromatic heterocycles. The summed E-state index contributed by atoms with van der Waals surface area (Å²) in [5.41, 5.74) is 0.926. The highest BCUT2D eigenvalue weighted by Gasteiger charge is 2.27. The Labute approximate surface area is 142 Å². The second-order valence-electron chi connectivity index (χ2n) is 6.08. The average Bonchev–Trinajstić information content (AvgIpc) is 3.24. The van der Waals surface area contributed by atoms with Gasteiger partial charge in [-0.3, -0.25) is 18.7 Å². The molecule has 0 unspecified atom stereocenters.